The van der Waals surface area contributed by atoms with Crippen LogP contribution in [0, 0.1) is 5.82 Å². The first kappa shape index (κ1) is 12.8. The van der Waals surface area contributed by atoms with Crippen molar-refractivity contribution in [2.24, 2.45) is 0 Å². The number of piperazine rings is 1. The van der Waals surface area contributed by atoms with Crippen LogP contribution >= 0.6 is 0 Å². The second-order valence-electron chi connectivity index (χ2n) is 4.02. The van der Waals surface area contributed by atoms with Crippen LogP contribution in [0.15, 0.2) is 18.2 Å². The Balaban J connectivity index is 2.07. The maximum atomic E-state index is 13.6. The molecule has 0 unspecified atom stereocenters. The Labute approximate surface area is 105 Å². The highest BCUT2D eigenvalue weighted by atomic mass is 19.1. The number of hydrazine groups is 1. The monoisotopic (exact) mass is 253 g/mol. The van der Waals surface area contributed by atoms with Crippen molar-refractivity contribution in [1.82, 2.24) is 15.8 Å². The molecular formula is C12H16FN3O2. The summed E-state index contributed by atoms with van der Waals surface area (Å²) < 4.78 is 18.5. The molecule has 1 aliphatic rings. The molecule has 0 atom stereocenters. The van der Waals surface area contributed by atoms with Gasteiger partial charge in [-0.05, 0) is 18.2 Å². The smallest absolute Gasteiger partial charge is 0.268 e. The van der Waals surface area contributed by atoms with Gasteiger partial charge in [0, 0.05) is 26.2 Å². The molecule has 1 aromatic carbocycles. The number of ether oxygens (including phenoxy) is 1. The molecule has 0 spiro atoms. The molecule has 0 saturated carbocycles. The number of nitrogens with one attached hydrogen (secondary N) is 2. The molecule has 0 aliphatic carbocycles. The maximum Gasteiger partial charge on any atom is 0.268 e. The van der Waals surface area contributed by atoms with E-state index in [0.717, 1.165) is 13.1 Å². The summed E-state index contributed by atoms with van der Waals surface area (Å²) in [5.41, 5.74) is 2.68. The normalized spacial score (nSPS) is 16.3. The number of hydrogen-bond acceptors (Lipinski definition) is 4. The number of hydrogen-bond donors (Lipinski definition) is 2. The molecule has 0 aromatic heterocycles. The van der Waals surface area contributed by atoms with Gasteiger partial charge in [0.15, 0.2) is 0 Å². The molecule has 2 N–H and O–H groups in total. The van der Waals surface area contributed by atoms with Crippen LogP contribution in [0.25, 0.3) is 0 Å². The van der Waals surface area contributed by atoms with Gasteiger partial charge in [0.2, 0.25) is 0 Å². The minimum Gasteiger partial charge on any atom is -0.497 e. The predicted molar refractivity (Wildman–Crippen MR) is 64.9 cm³/mol. The van der Waals surface area contributed by atoms with E-state index in [-0.39, 0.29) is 5.56 Å². The molecular weight excluding hydrogens is 237 g/mol. The minimum atomic E-state index is -0.552. The zero-order chi connectivity index (χ0) is 13.0. The number of methoxy groups -OCH3 is 1. The maximum absolute atomic E-state index is 13.6. The molecule has 1 amide bonds. The van der Waals surface area contributed by atoms with E-state index in [1.807, 2.05) is 0 Å². The molecule has 98 valence electrons. The van der Waals surface area contributed by atoms with Crippen LogP contribution in [-0.2, 0) is 0 Å². The number of benzene rings is 1. The lowest BCUT2D eigenvalue weighted by molar-refractivity contribution is 0.0760. The summed E-state index contributed by atoms with van der Waals surface area (Å²) in [5, 5.41) is 4.95. The van der Waals surface area contributed by atoms with Crippen LogP contribution in [0.3, 0.4) is 0 Å². The lowest BCUT2D eigenvalue weighted by atomic mass is 10.2. The number of nitrogens with zero attached hydrogens (tertiary/aromatic N) is 1. The molecule has 1 saturated heterocycles. The SMILES string of the molecule is COc1ccc(F)c(C(=O)NN2CCNCC2)c1. The Bertz CT molecular complexity index is 433. The Hall–Kier alpha value is -1.66. The van der Waals surface area contributed by atoms with Crippen molar-refractivity contribution in [3.05, 3.63) is 29.6 Å². The van der Waals surface area contributed by atoms with Gasteiger partial charge in [-0.25, -0.2) is 9.40 Å². The molecule has 0 radical (unpaired) electrons. The Kier molecular flexibility index (Phi) is 4.11. The van der Waals surface area contributed by atoms with E-state index in [0.29, 0.717) is 18.8 Å². The van der Waals surface area contributed by atoms with E-state index >= 15 is 0 Å². The zero-order valence-electron chi connectivity index (χ0n) is 10.2. The van der Waals surface area contributed by atoms with Crippen LogP contribution in [0.5, 0.6) is 5.75 Å². The zero-order valence-corrected chi connectivity index (χ0v) is 10.2. The summed E-state index contributed by atoms with van der Waals surface area (Å²) in [4.78, 5) is 11.9. The average Bonchev–Trinajstić information content (AvgIpc) is 2.40. The lowest BCUT2D eigenvalue weighted by Crippen LogP contribution is -2.52. The Morgan fingerprint density at radius 3 is 2.83 bits per heavy atom. The highest BCUT2D eigenvalue weighted by Gasteiger charge is 2.17. The van der Waals surface area contributed by atoms with Gasteiger partial charge in [-0.3, -0.25) is 10.2 Å². The van der Waals surface area contributed by atoms with Gasteiger partial charge in [0.1, 0.15) is 11.6 Å². The van der Waals surface area contributed by atoms with Crippen molar-refractivity contribution >= 4 is 5.91 Å². The molecule has 1 aliphatic heterocycles. The number of carbonyl (C=O) groups excluding carboxylic acids is 1. The van der Waals surface area contributed by atoms with Gasteiger partial charge >= 0.3 is 0 Å². The van der Waals surface area contributed by atoms with Crippen molar-refractivity contribution in [2.75, 3.05) is 33.3 Å². The van der Waals surface area contributed by atoms with E-state index < -0.39 is 11.7 Å². The second kappa shape index (κ2) is 5.79. The summed E-state index contributed by atoms with van der Waals surface area (Å²) in [7, 11) is 1.48. The van der Waals surface area contributed by atoms with Crippen molar-refractivity contribution in [3.63, 3.8) is 0 Å². The van der Waals surface area contributed by atoms with Crippen LogP contribution in [0.1, 0.15) is 10.4 Å². The van der Waals surface area contributed by atoms with Crippen LogP contribution in [-0.4, -0.2) is 44.2 Å². The van der Waals surface area contributed by atoms with E-state index in [4.69, 9.17) is 4.74 Å². The van der Waals surface area contributed by atoms with E-state index in [2.05, 4.69) is 10.7 Å². The third-order valence-electron chi connectivity index (χ3n) is 2.79. The summed E-state index contributed by atoms with van der Waals surface area (Å²) in [5.74, 6) is -0.543. The van der Waals surface area contributed by atoms with Crippen molar-refractivity contribution in [3.8, 4) is 5.75 Å². The van der Waals surface area contributed by atoms with Crippen molar-refractivity contribution < 1.29 is 13.9 Å². The van der Waals surface area contributed by atoms with Gasteiger partial charge in [-0.2, -0.15) is 0 Å². The fourth-order valence-corrected chi connectivity index (χ4v) is 1.79. The van der Waals surface area contributed by atoms with Crippen LogP contribution < -0.4 is 15.5 Å². The van der Waals surface area contributed by atoms with Gasteiger partial charge < -0.3 is 10.1 Å². The van der Waals surface area contributed by atoms with Crippen molar-refractivity contribution in [2.45, 2.75) is 0 Å². The minimum absolute atomic E-state index is 0.00659. The summed E-state index contributed by atoms with van der Waals surface area (Å²) in [6, 6.07) is 4.11. The van der Waals surface area contributed by atoms with Gasteiger partial charge in [-0.15, -0.1) is 0 Å². The molecule has 0 bridgehead atoms. The number of carbonyl (C=O) groups is 1. The topological polar surface area (TPSA) is 53.6 Å². The van der Waals surface area contributed by atoms with E-state index in [1.54, 1.807) is 5.01 Å². The van der Waals surface area contributed by atoms with Crippen LogP contribution in [0.2, 0.25) is 0 Å². The number of halogens is 1. The fourth-order valence-electron chi connectivity index (χ4n) is 1.79. The number of rotatable bonds is 3. The van der Waals surface area contributed by atoms with Gasteiger partial charge in [-0.1, -0.05) is 0 Å². The fraction of sp³-hybridized carbons (Fsp3) is 0.417. The lowest BCUT2D eigenvalue weighted by Gasteiger charge is -2.27. The first-order valence-corrected chi connectivity index (χ1v) is 5.81. The number of amides is 1. The van der Waals surface area contributed by atoms with Crippen LogP contribution in [0.4, 0.5) is 4.39 Å². The molecule has 18 heavy (non-hydrogen) atoms. The van der Waals surface area contributed by atoms with Crippen molar-refractivity contribution in [1.29, 1.82) is 0 Å². The third kappa shape index (κ3) is 2.96. The molecule has 1 aromatic rings. The van der Waals surface area contributed by atoms with E-state index in [9.17, 15) is 9.18 Å². The molecule has 5 nitrogen and oxygen atoms in total. The van der Waals surface area contributed by atoms with E-state index in [1.165, 1.54) is 25.3 Å². The first-order chi connectivity index (χ1) is 8.70. The van der Waals surface area contributed by atoms with Gasteiger partial charge in [0.25, 0.3) is 5.91 Å². The highest BCUT2D eigenvalue weighted by Crippen LogP contribution is 2.16. The van der Waals surface area contributed by atoms with Gasteiger partial charge in [0.05, 0.1) is 12.7 Å². The largest absolute Gasteiger partial charge is 0.497 e. The first-order valence-electron chi connectivity index (χ1n) is 5.81. The average molecular weight is 253 g/mol. The Morgan fingerprint density at radius 2 is 2.17 bits per heavy atom. The molecule has 1 heterocycles. The Morgan fingerprint density at radius 1 is 1.44 bits per heavy atom. The molecule has 6 heteroatoms. The highest BCUT2D eigenvalue weighted by molar-refractivity contribution is 5.94. The molecule has 1 fully saturated rings. The summed E-state index contributed by atoms with van der Waals surface area (Å²) in [6.07, 6.45) is 0. The third-order valence-corrected chi connectivity index (χ3v) is 2.79. The molecule has 2 rings (SSSR count). The standard InChI is InChI=1S/C12H16FN3O2/c1-18-9-2-3-11(13)10(8-9)12(17)15-16-6-4-14-5-7-16/h2-3,8,14H,4-7H2,1H3,(H,15,17). The summed E-state index contributed by atoms with van der Waals surface area (Å²) in [6.45, 7) is 3.02. The summed E-state index contributed by atoms with van der Waals surface area (Å²) >= 11 is 0. The second-order valence-corrected chi connectivity index (χ2v) is 4.02. The quantitative estimate of drug-likeness (QED) is 0.818. The predicted octanol–water partition coefficient (Wildman–Crippen LogP) is 0.384.